The highest BCUT2D eigenvalue weighted by atomic mass is 16.4. The molecule has 0 aliphatic carbocycles. The van der Waals surface area contributed by atoms with Gasteiger partial charge in [0.15, 0.2) is 0 Å². The summed E-state index contributed by atoms with van der Waals surface area (Å²) < 4.78 is 0. The lowest BCUT2D eigenvalue weighted by Gasteiger charge is -2.27. The first-order valence-corrected chi connectivity index (χ1v) is 13.5. The van der Waals surface area contributed by atoms with Gasteiger partial charge in [-0.1, -0.05) is 0 Å². The minimum atomic E-state index is -1.49. The van der Waals surface area contributed by atoms with E-state index in [-0.39, 0.29) is 51.6 Å². The predicted octanol–water partition coefficient (Wildman–Crippen LogP) is -6.43. The van der Waals surface area contributed by atoms with Crippen LogP contribution in [-0.4, -0.2) is 135 Å². The topological polar surface area (TPSA) is 318 Å². The van der Waals surface area contributed by atoms with Crippen LogP contribution in [0.15, 0.2) is 0 Å². The van der Waals surface area contributed by atoms with Gasteiger partial charge in [-0.3, -0.25) is 33.6 Å². The highest BCUT2D eigenvalue weighted by molar-refractivity contribution is 5.95. The number of hydrogen-bond donors (Lipinski definition) is 9. The second-order valence-electron chi connectivity index (χ2n) is 10.3. The molecule has 19 nitrogen and oxygen atoms in total. The van der Waals surface area contributed by atoms with Gasteiger partial charge in [-0.15, -0.1) is 0 Å². The molecule has 2 heterocycles. The molecule has 2 rings (SSSR count). The van der Waals surface area contributed by atoms with Gasteiger partial charge in [0.2, 0.25) is 41.4 Å². The quantitative estimate of drug-likeness (QED) is 0.0831. The van der Waals surface area contributed by atoms with E-state index >= 15 is 0 Å². The van der Waals surface area contributed by atoms with Crippen LogP contribution in [-0.2, 0) is 38.4 Å². The van der Waals surface area contributed by atoms with E-state index < -0.39 is 96.8 Å². The number of primary amides is 2. The third kappa shape index (κ3) is 10.1. The van der Waals surface area contributed by atoms with E-state index in [1.165, 1.54) is 0 Å². The molecule has 240 valence electrons. The van der Waals surface area contributed by atoms with Crippen LogP contribution in [0.3, 0.4) is 0 Å². The van der Waals surface area contributed by atoms with Crippen molar-refractivity contribution >= 4 is 47.3 Å². The Bertz CT molecular complexity index is 1120. The fourth-order valence-electron chi connectivity index (χ4n) is 4.82. The molecule has 0 radical (unpaired) electrons. The molecule has 7 amide bonds. The molecule has 0 aromatic heterocycles. The van der Waals surface area contributed by atoms with E-state index in [0.29, 0.717) is 0 Å². The summed E-state index contributed by atoms with van der Waals surface area (Å²) in [5, 5.41) is 36.3. The summed E-state index contributed by atoms with van der Waals surface area (Å²) in [5.74, 6) is -7.05. The zero-order valence-corrected chi connectivity index (χ0v) is 23.3. The first-order valence-electron chi connectivity index (χ1n) is 13.5. The maximum Gasteiger partial charge on any atom is 0.326 e. The van der Waals surface area contributed by atoms with Crippen LogP contribution in [0.4, 0.5) is 0 Å². The van der Waals surface area contributed by atoms with Crippen molar-refractivity contribution < 1.29 is 53.7 Å². The molecule has 12 N–H and O–H groups in total. The van der Waals surface area contributed by atoms with Gasteiger partial charge in [0.25, 0.3) is 0 Å². The van der Waals surface area contributed by atoms with Crippen LogP contribution in [0, 0.1) is 0 Å². The average Bonchev–Trinajstić information content (AvgIpc) is 3.53. The molecule has 0 aromatic rings. The minimum absolute atomic E-state index is 0.119. The molecule has 0 spiro atoms. The largest absolute Gasteiger partial charge is 0.480 e. The molecule has 2 aliphatic heterocycles. The van der Waals surface area contributed by atoms with Crippen LogP contribution >= 0.6 is 0 Å². The Hall–Kier alpha value is -4.36. The first kappa shape index (κ1) is 34.8. The number of nitrogens with one attached hydrogen (secondary N) is 3. The number of rotatable bonds is 15. The van der Waals surface area contributed by atoms with Crippen molar-refractivity contribution in [3.8, 4) is 0 Å². The van der Waals surface area contributed by atoms with Gasteiger partial charge < -0.3 is 58.3 Å². The maximum absolute atomic E-state index is 13.0. The number of carboxylic acid groups (broad SMARTS) is 1. The van der Waals surface area contributed by atoms with Crippen molar-refractivity contribution in [1.29, 1.82) is 0 Å². The summed E-state index contributed by atoms with van der Waals surface area (Å²) in [5.41, 5.74) is 15.6. The van der Waals surface area contributed by atoms with Crippen LogP contribution in [0.25, 0.3) is 0 Å². The molecular weight excluding hydrogens is 576 g/mol. The van der Waals surface area contributed by atoms with Crippen molar-refractivity contribution in [1.82, 2.24) is 25.8 Å². The van der Waals surface area contributed by atoms with E-state index in [2.05, 4.69) is 16.0 Å². The summed E-state index contributed by atoms with van der Waals surface area (Å²) in [7, 11) is 0. The SMILES string of the molecule is NCC(=O)N1C[C@H](O)C[C@H]1C(=O)N[C@@H](CCC(N)=O)C(=O)NCC(=O)N1C[C@H](O)C[C@H]1C(=O)N[C@@H](CCC(N)=O)C(=O)O. The van der Waals surface area contributed by atoms with Gasteiger partial charge >= 0.3 is 5.97 Å². The number of amides is 7. The number of aliphatic hydroxyl groups is 2. The van der Waals surface area contributed by atoms with E-state index in [0.717, 1.165) is 9.80 Å². The Labute approximate surface area is 245 Å². The van der Waals surface area contributed by atoms with Gasteiger partial charge in [0.1, 0.15) is 24.2 Å². The van der Waals surface area contributed by atoms with E-state index in [4.69, 9.17) is 17.2 Å². The zero-order valence-electron chi connectivity index (χ0n) is 23.3. The van der Waals surface area contributed by atoms with Gasteiger partial charge in [-0.25, -0.2) is 4.79 Å². The van der Waals surface area contributed by atoms with Crippen LogP contribution in [0.5, 0.6) is 0 Å². The second kappa shape index (κ2) is 15.8. The fraction of sp³-hybridized carbons (Fsp3) is 0.667. The standard InChI is InChI=1S/C24H38N8O11/c25-7-19(37)31-9-11(33)5-15(31)22(40)29-13(1-3-17(26)35)21(39)28-8-20(38)32-10-12(34)6-16(32)23(41)30-14(24(42)43)2-4-18(27)36/h11-16,33-34H,1-10,25H2,(H2,26,35)(H2,27,36)(H,28,39)(H,29,40)(H,30,41)(H,42,43)/t11-,12-,13+,14+,15+,16+/m1/s1. The Morgan fingerprint density at radius 3 is 1.63 bits per heavy atom. The van der Waals surface area contributed by atoms with E-state index in [1.54, 1.807) is 0 Å². The third-order valence-electron chi connectivity index (χ3n) is 7.00. The number of nitrogens with zero attached hydrogens (tertiary/aromatic N) is 2. The maximum atomic E-state index is 13.0. The average molecular weight is 615 g/mol. The van der Waals surface area contributed by atoms with Crippen molar-refractivity contribution in [3.63, 3.8) is 0 Å². The van der Waals surface area contributed by atoms with Crippen LogP contribution in [0.2, 0.25) is 0 Å². The number of carbonyl (C=O) groups excluding carboxylic acids is 7. The normalized spacial score (nSPS) is 22.8. The molecule has 0 unspecified atom stereocenters. The zero-order chi connectivity index (χ0) is 32.4. The Kier molecular flexibility index (Phi) is 12.8. The highest BCUT2D eigenvalue weighted by Crippen LogP contribution is 2.20. The van der Waals surface area contributed by atoms with Gasteiger partial charge in [-0.2, -0.15) is 0 Å². The summed E-state index contributed by atoms with van der Waals surface area (Å²) in [6, 6.07) is -5.30. The first-order chi connectivity index (χ1) is 20.1. The molecule has 0 bridgehead atoms. The van der Waals surface area contributed by atoms with Gasteiger partial charge in [-0.05, 0) is 12.8 Å². The molecule has 2 fully saturated rings. The van der Waals surface area contributed by atoms with Crippen molar-refractivity contribution in [2.24, 2.45) is 17.2 Å². The second-order valence-corrected chi connectivity index (χ2v) is 10.3. The summed E-state index contributed by atoms with van der Waals surface area (Å²) in [4.78, 5) is 99.6. The number of β-amino-alcohol motifs (C(OH)–C–C–N with tert-alkyl or cyclic N) is 2. The van der Waals surface area contributed by atoms with E-state index in [9.17, 15) is 53.7 Å². The number of hydrogen-bond acceptors (Lipinski definition) is 11. The number of carboxylic acids is 1. The van der Waals surface area contributed by atoms with Crippen molar-refractivity contribution in [2.75, 3.05) is 26.2 Å². The minimum Gasteiger partial charge on any atom is -0.480 e. The highest BCUT2D eigenvalue weighted by Gasteiger charge is 2.41. The van der Waals surface area contributed by atoms with Gasteiger partial charge in [0, 0.05) is 38.8 Å². The Balaban J connectivity index is 2.07. The number of carbonyl (C=O) groups is 8. The number of nitrogens with two attached hydrogens (primary N) is 3. The van der Waals surface area contributed by atoms with Crippen molar-refractivity contribution in [2.45, 2.75) is 74.9 Å². The van der Waals surface area contributed by atoms with Crippen molar-refractivity contribution in [3.05, 3.63) is 0 Å². The summed E-state index contributed by atoms with van der Waals surface area (Å²) in [6.07, 6.45) is -3.70. The number of likely N-dealkylation sites (tertiary alicyclic amines) is 2. The molecule has 6 atom stereocenters. The molecule has 2 aliphatic rings. The fourth-order valence-corrected chi connectivity index (χ4v) is 4.82. The third-order valence-corrected chi connectivity index (χ3v) is 7.00. The lowest BCUT2D eigenvalue weighted by atomic mass is 10.1. The van der Waals surface area contributed by atoms with E-state index in [1.807, 2.05) is 0 Å². The number of aliphatic hydroxyl groups excluding tert-OH is 2. The molecule has 0 aromatic carbocycles. The Morgan fingerprint density at radius 2 is 1.19 bits per heavy atom. The lowest BCUT2D eigenvalue weighted by molar-refractivity contribution is -0.144. The summed E-state index contributed by atoms with van der Waals surface area (Å²) >= 11 is 0. The Morgan fingerprint density at radius 1 is 0.744 bits per heavy atom. The smallest absolute Gasteiger partial charge is 0.326 e. The van der Waals surface area contributed by atoms with Crippen LogP contribution in [0.1, 0.15) is 38.5 Å². The predicted molar refractivity (Wildman–Crippen MR) is 143 cm³/mol. The number of aliphatic carboxylic acids is 1. The molecule has 43 heavy (non-hydrogen) atoms. The van der Waals surface area contributed by atoms with Crippen LogP contribution < -0.4 is 33.2 Å². The summed E-state index contributed by atoms with van der Waals surface area (Å²) in [6.45, 7) is -1.57. The monoisotopic (exact) mass is 614 g/mol. The molecular formula is C24H38N8O11. The van der Waals surface area contributed by atoms with Gasteiger partial charge in [0.05, 0.1) is 25.3 Å². The molecule has 19 heteroatoms. The lowest BCUT2D eigenvalue weighted by Crippen LogP contribution is -2.55. The molecule has 2 saturated heterocycles. The molecule has 0 saturated carbocycles.